The molecule has 5 rings (SSSR count). The van der Waals surface area contributed by atoms with Gasteiger partial charge in [-0.2, -0.15) is 18.3 Å². The second-order valence-electron chi connectivity index (χ2n) is 7.84. The van der Waals surface area contributed by atoms with Crippen molar-refractivity contribution >= 4 is 5.91 Å². The second-order valence-corrected chi connectivity index (χ2v) is 7.84. The summed E-state index contributed by atoms with van der Waals surface area (Å²) in [7, 11) is 0. The number of benzene rings is 3. The maximum Gasteiger partial charge on any atom is 0.435 e. The van der Waals surface area contributed by atoms with Crippen LogP contribution >= 0.6 is 0 Å². The summed E-state index contributed by atoms with van der Waals surface area (Å²) in [4.78, 5) is 11.1. The Balaban J connectivity index is 1.59. The molecule has 2 N–H and O–H groups in total. The van der Waals surface area contributed by atoms with Gasteiger partial charge in [-0.25, -0.2) is 4.68 Å². The number of halogens is 3. The molecule has 0 bridgehead atoms. The number of fused-ring (bicyclic) bond motifs is 3. The zero-order chi connectivity index (χ0) is 22.5. The standard InChI is InChI=1S/C25H18F3N3O/c26-25(27,28)23-14-22(31(30-23)19-8-5-15(6-9-19)11-24(29)32)17-7-10-21-18(13-17)12-16-3-1-2-4-20(16)21/h1-10,13-14H,11-12H2,(H2,29,32). The maximum atomic E-state index is 13.5. The predicted molar refractivity (Wildman–Crippen MR) is 115 cm³/mol. The fourth-order valence-corrected chi connectivity index (χ4v) is 4.18. The number of hydrogen-bond donors (Lipinski definition) is 1. The highest BCUT2D eigenvalue weighted by Crippen LogP contribution is 2.40. The van der Waals surface area contributed by atoms with Crippen LogP contribution in [0.2, 0.25) is 0 Å². The van der Waals surface area contributed by atoms with E-state index in [-0.39, 0.29) is 6.42 Å². The van der Waals surface area contributed by atoms with Gasteiger partial charge in [0, 0.05) is 5.56 Å². The zero-order valence-electron chi connectivity index (χ0n) is 16.9. The highest BCUT2D eigenvalue weighted by Gasteiger charge is 2.35. The number of hydrogen-bond acceptors (Lipinski definition) is 2. The van der Waals surface area contributed by atoms with Gasteiger partial charge >= 0.3 is 6.18 Å². The summed E-state index contributed by atoms with van der Waals surface area (Å²) >= 11 is 0. The molecule has 4 nitrogen and oxygen atoms in total. The van der Waals surface area contributed by atoms with Crippen molar-refractivity contribution in [2.45, 2.75) is 19.0 Å². The van der Waals surface area contributed by atoms with Crippen molar-refractivity contribution in [3.63, 3.8) is 0 Å². The minimum Gasteiger partial charge on any atom is -0.369 e. The largest absolute Gasteiger partial charge is 0.435 e. The van der Waals surface area contributed by atoms with Crippen molar-refractivity contribution in [3.05, 3.63) is 95.2 Å². The summed E-state index contributed by atoms with van der Waals surface area (Å²) < 4.78 is 41.8. The van der Waals surface area contributed by atoms with E-state index in [1.54, 1.807) is 24.3 Å². The van der Waals surface area contributed by atoms with Crippen LogP contribution in [0.3, 0.4) is 0 Å². The molecule has 0 fully saturated rings. The molecule has 0 saturated heterocycles. The Bertz CT molecular complexity index is 1340. The first-order valence-electron chi connectivity index (χ1n) is 10.1. The minimum absolute atomic E-state index is 0.0609. The molecule has 1 heterocycles. The van der Waals surface area contributed by atoms with Gasteiger partial charge in [0.1, 0.15) is 0 Å². The van der Waals surface area contributed by atoms with Crippen LogP contribution in [0.25, 0.3) is 28.1 Å². The summed E-state index contributed by atoms with van der Waals surface area (Å²) in [6.07, 6.45) is -3.77. The molecule has 160 valence electrons. The molecule has 0 unspecified atom stereocenters. The number of aromatic nitrogens is 2. The Morgan fingerprint density at radius 3 is 2.38 bits per heavy atom. The number of nitrogens with zero attached hydrogens (tertiary/aromatic N) is 2. The van der Waals surface area contributed by atoms with Crippen molar-refractivity contribution < 1.29 is 18.0 Å². The second kappa shape index (κ2) is 7.37. The molecule has 0 radical (unpaired) electrons. The number of nitrogens with two attached hydrogens (primary N) is 1. The highest BCUT2D eigenvalue weighted by atomic mass is 19.4. The van der Waals surface area contributed by atoms with Gasteiger partial charge in [0.2, 0.25) is 5.91 Å². The highest BCUT2D eigenvalue weighted by molar-refractivity contribution is 5.80. The lowest BCUT2D eigenvalue weighted by Crippen LogP contribution is -2.13. The van der Waals surface area contributed by atoms with Crippen LogP contribution in [0.15, 0.2) is 72.8 Å². The number of carbonyl (C=O) groups is 1. The summed E-state index contributed by atoms with van der Waals surface area (Å²) in [5.41, 5.74) is 10.9. The quantitative estimate of drug-likeness (QED) is 0.426. The lowest BCUT2D eigenvalue weighted by atomic mass is 10.0. The van der Waals surface area contributed by atoms with Gasteiger partial charge in [0.05, 0.1) is 17.8 Å². The first-order chi connectivity index (χ1) is 15.3. The molecule has 7 heteroatoms. The topological polar surface area (TPSA) is 60.9 Å². The number of amides is 1. The third-order valence-corrected chi connectivity index (χ3v) is 5.65. The van der Waals surface area contributed by atoms with Crippen LogP contribution in [0.4, 0.5) is 13.2 Å². The van der Waals surface area contributed by atoms with Crippen LogP contribution in [0.5, 0.6) is 0 Å². The summed E-state index contributed by atoms with van der Waals surface area (Å²) in [5.74, 6) is -0.476. The van der Waals surface area contributed by atoms with Crippen LogP contribution in [-0.2, 0) is 23.8 Å². The van der Waals surface area contributed by atoms with Gasteiger partial charge < -0.3 is 5.73 Å². The van der Waals surface area contributed by atoms with Gasteiger partial charge in [0.15, 0.2) is 5.69 Å². The number of rotatable bonds is 4. The molecule has 1 amide bonds. The predicted octanol–water partition coefficient (Wildman–Crippen LogP) is 5.16. The average molecular weight is 433 g/mol. The van der Waals surface area contributed by atoms with E-state index >= 15 is 0 Å². The Hall–Kier alpha value is -3.87. The summed E-state index contributed by atoms with van der Waals surface area (Å²) in [6, 6.07) is 21.5. The molecule has 32 heavy (non-hydrogen) atoms. The normalized spacial score (nSPS) is 12.5. The third-order valence-electron chi connectivity index (χ3n) is 5.65. The molecule has 0 spiro atoms. The van der Waals surface area contributed by atoms with E-state index in [0.29, 0.717) is 22.5 Å². The fraction of sp³-hybridized carbons (Fsp3) is 0.120. The van der Waals surface area contributed by atoms with Crippen molar-refractivity contribution in [2.24, 2.45) is 5.73 Å². The maximum absolute atomic E-state index is 13.5. The van der Waals surface area contributed by atoms with E-state index < -0.39 is 17.8 Å². The molecule has 1 aromatic heterocycles. The average Bonchev–Trinajstić information content (AvgIpc) is 3.35. The van der Waals surface area contributed by atoms with E-state index in [1.807, 2.05) is 30.3 Å². The zero-order valence-corrected chi connectivity index (χ0v) is 16.9. The smallest absolute Gasteiger partial charge is 0.369 e. The van der Waals surface area contributed by atoms with Crippen molar-refractivity contribution in [2.75, 3.05) is 0 Å². The van der Waals surface area contributed by atoms with E-state index in [4.69, 9.17) is 5.73 Å². The van der Waals surface area contributed by atoms with Crippen LogP contribution in [0, 0.1) is 0 Å². The van der Waals surface area contributed by atoms with E-state index in [0.717, 1.165) is 29.2 Å². The molecule has 1 aliphatic rings. The Morgan fingerprint density at radius 1 is 0.938 bits per heavy atom. The molecule has 3 aromatic carbocycles. The van der Waals surface area contributed by atoms with Gasteiger partial charge in [-0.3, -0.25) is 4.79 Å². The number of carbonyl (C=O) groups excluding carboxylic acids is 1. The monoisotopic (exact) mass is 433 g/mol. The van der Waals surface area contributed by atoms with Crippen LogP contribution in [0.1, 0.15) is 22.4 Å². The SMILES string of the molecule is NC(=O)Cc1ccc(-n2nc(C(F)(F)F)cc2-c2ccc3c(c2)Cc2ccccc2-3)cc1. The molecule has 4 aromatic rings. The van der Waals surface area contributed by atoms with E-state index in [2.05, 4.69) is 17.2 Å². The van der Waals surface area contributed by atoms with Gasteiger partial charge in [0.25, 0.3) is 0 Å². The number of alkyl halides is 3. The Morgan fingerprint density at radius 2 is 1.66 bits per heavy atom. The van der Waals surface area contributed by atoms with Crippen LogP contribution < -0.4 is 5.73 Å². The lowest BCUT2D eigenvalue weighted by Gasteiger charge is -2.10. The third kappa shape index (κ3) is 3.56. The molecular weight excluding hydrogens is 415 g/mol. The lowest BCUT2D eigenvalue weighted by molar-refractivity contribution is -0.141. The molecule has 0 saturated carbocycles. The van der Waals surface area contributed by atoms with Crippen molar-refractivity contribution in [3.8, 4) is 28.1 Å². The Kier molecular flexibility index (Phi) is 4.62. The fourth-order valence-electron chi connectivity index (χ4n) is 4.18. The van der Waals surface area contributed by atoms with Gasteiger partial charge in [-0.1, -0.05) is 48.5 Å². The minimum atomic E-state index is -4.57. The molecular formula is C25H18F3N3O. The molecule has 0 atom stereocenters. The first kappa shape index (κ1) is 20.1. The van der Waals surface area contributed by atoms with Crippen molar-refractivity contribution in [1.82, 2.24) is 9.78 Å². The summed E-state index contributed by atoms with van der Waals surface area (Å²) in [5, 5.41) is 3.85. The van der Waals surface area contributed by atoms with Gasteiger partial charge in [-0.15, -0.1) is 0 Å². The Labute approximate surface area is 182 Å². The van der Waals surface area contributed by atoms with E-state index in [9.17, 15) is 18.0 Å². The number of primary amides is 1. The van der Waals surface area contributed by atoms with Crippen molar-refractivity contribution in [1.29, 1.82) is 0 Å². The molecule has 0 aliphatic heterocycles. The summed E-state index contributed by atoms with van der Waals surface area (Å²) in [6.45, 7) is 0. The molecule has 1 aliphatic carbocycles. The van der Waals surface area contributed by atoms with Crippen LogP contribution in [-0.4, -0.2) is 15.7 Å². The van der Waals surface area contributed by atoms with Gasteiger partial charge in [-0.05, 0) is 58.5 Å². The van der Waals surface area contributed by atoms with E-state index in [1.165, 1.54) is 10.2 Å². The first-order valence-corrected chi connectivity index (χ1v) is 10.1.